The molecule has 1 aromatic rings. The number of anilines is 1. The van der Waals surface area contributed by atoms with Gasteiger partial charge in [-0.2, -0.15) is 0 Å². The summed E-state index contributed by atoms with van der Waals surface area (Å²) in [7, 11) is 3.58. The normalized spacial score (nSPS) is 24.9. The number of nitrogens with zero attached hydrogens (tertiary/aromatic N) is 1. The number of para-hydroxylation sites is 1. The molecule has 0 saturated heterocycles. The zero-order valence-corrected chi connectivity index (χ0v) is 8.97. The number of nitrogens with two attached hydrogens (primary N) is 1. The van der Waals surface area contributed by atoms with Crippen molar-refractivity contribution in [3.8, 4) is 5.75 Å². The largest absolute Gasteiger partial charge is 0.495 e. The van der Waals surface area contributed by atoms with E-state index in [1.54, 1.807) is 7.11 Å². The lowest BCUT2D eigenvalue weighted by Gasteiger charge is -2.35. The second-order valence-corrected chi connectivity index (χ2v) is 3.89. The molecule has 2 atom stereocenters. The standard InChI is InChI=1S/C11H16N2O2/c1-13-6-8(12)11(14)7-4-3-5-9(15-2)10(7)13/h3-5,8,11,14H,6,12H2,1-2H3/t8-,11-/m1/s1. The van der Waals surface area contributed by atoms with Gasteiger partial charge in [-0.3, -0.25) is 0 Å². The highest BCUT2D eigenvalue weighted by atomic mass is 16.5. The van der Waals surface area contributed by atoms with E-state index in [2.05, 4.69) is 0 Å². The number of likely N-dealkylation sites (N-methyl/N-ethyl adjacent to an activating group) is 1. The second-order valence-electron chi connectivity index (χ2n) is 3.89. The quantitative estimate of drug-likeness (QED) is 0.706. The van der Waals surface area contributed by atoms with Crippen molar-refractivity contribution < 1.29 is 9.84 Å². The van der Waals surface area contributed by atoms with E-state index in [1.807, 2.05) is 30.1 Å². The van der Waals surface area contributed by atoms with Crippen LogP contribution in [0.25, 0.3) is 0 Å². The molecular formula is C11H16N2O2. The summed E-state index contributed by atoms with van der Waals surface area (Å²) in [5.41, 5.74) is 7.62. The van der Waals surface area contributed by atoms with Gasteiger partial charge in [0.05, 0.1) is 24.9 Å². The molecule has 3 N–H and O–H groups in total. The van der Waals surface area contributed by atoms with E-state index in [9.17, 15) is 5.11 Å². The minimum atomic E-state index is -0.605. The number of methoxy groups -OCH3 is 1. The van der Waals surface area contributed by atoms with Gasteiger partial charge < -0.3 is 20.5 Å². The smallest absolute Gasteiger partial charge is 0.142 e. The van der Waals surface area contributed by atoms with Gasteiger partial charge in [-0.25, -0.2) is 0 Å². The summed E-state index contributed by atoms with van der Waals surface area (Å²) in [4.78, 5) is 2.02. The van der Waals surface area contributed by atoms with Crippen LogP contribution in [0.5, 0.6) is 5.75 Å². The molecule has 0 bridgehead atoms. The number of hydrogen-bond donors (Lipinski definition) is 2. The van der Waals surface area contributed by atoms with Crippen LogP contribution in [0.4, 0.5) is 5.69 Å². The molecular weight excluding hydrogens is 192 g/mol. The number of benzene rings is 1. The van der Waals surface area contributed by atoms with Gasteiger partial charge in [0, 0.05) is 19.2 Å². The van der Waals surface area contributed by atoms with Gasteiger partial charge in [0.25, 0.3) is 0 Å². The van der Waals surface area contributed by atoms with Crippen molar-refractivity contribution in [1.82, 2.24) is 0 Å². The first-order chi connectivity index (χ1) is 7.15. The number of fused-ring (bicyclic) bond motifs is 1. The number of aliphatic hydroxyl groups excluding tert-OH is 1. The lowest BCUT2D eigenvalue weighted by Crippen LogP contribution is -2.44. The van der Waals surface area contributed by atoms with Crippen LogP contribution in [0, 0.1) is 0 Å². The Kier molecular flexibility index (Phi) is 2.54. The van der Waals surface area contributed by atoms with E-state index in [0.717, 1.165) is 17.0 Å². The van der Waals surface area contributed by atoms with Crippen LogP contribution in [0.3, 0.4) is 0 Å². The zero-order valence-electron chi connectivity index (χ0n) is 8.97. The molecule has 82 valence electrons. The third kappa shape index (κ3) is 1.56. The molecule has 0 fully saturated rings. The molecule has 2 rings (SSSR count). The molecule has 1 heterocycles. The Morgan fingerprint density at radius 2 is 2.27 bits per heavy atom. The summed E-state index contributed by atoms with van der Waals surface area (Å²) < 4.78 is 5.27. The highest BCUT2D eigenvalue weighted by Crippen LogP contribution is 2.39. The SMILES string of the molecule is COc1cccc2c1N(C)C[C@@H](N)[C@@H]2O. The van der Waals surface area contributed by atoms with E-state index in [-0.39, 0.29) is 6.04 Å². The fourth-order valence-electron chi connectivity index (χ4n) is 2.09. The van der Waals surface area contributed by atoms with Crippen LogP contribution in [0.2, 0.25) is 0 Å². The average molecular weight is 208 g/mol. The molecule has 0 aromatic heterocycles. The summed E-state index contributed by atoms with van der Waals surface area (Å²) >= 11 is 0. The maximum atomic E-state index is 9.96. The number of aliphatic hydroxyl groups is 1. The molecule has 0 radical (unpaired) electrons. The van der Waals surface area contributed by atoms with E-state index in [1.165, 1.54) is 0 Å². The summed E-state index contributed by atoms with van der Waals surface area (Å²) in [6.45, 7) is 0.633. The molecule has 0 amide bonds. The van der Waals surface area contributed by atoms with Crippen molar-refractivity contribution in [2.24, 2.45) is 5.73 Å². The van der Waals surface area contributed by atoms with E-state index < -0.39 is 6.10 Å². The monoisotopic (exact) mass is 208 g/mol. The molecule has 1 aliphatic heterocycles. The first kappa shape index (κ1) is 10.3. The summed E-state index contributed by atoms with van der Waals surface area (Å²) in [6, 6.07) is 5.40. The fourth-order valence-corrected chi connectivity index (χ4v) is 2.09. The highest BCUT2D eigenvalue weighted by Gasteiger charge is 2.30. The van der Waals surface area contributed by atoms with Crippen molar-refractivity contribution >= 4 is 5.69 Å². The van der Waals surface area contributed by atoms with Gasteiger partial charge in [0.15, 0.2) is 0 Å². The molecule has 1 aliphatic rings. The van der Waals surface area contributed by atoms with E-state index in [4.69, 9.17) is 10.5 Å². The maximum Gasteiger partial charge on any atom is 0.142 e. The third-order valence-electron chi connectivity index (χ3n) is 2.84. The molecule has 4 nitrogen and oxygen atoms in total. The first-order valence-corrected chi connectivity index (χ1v) is 4.97. The van der Waals surface area contributed by atoms with Crippen molar-refractivity contribution in [3.05, 3.63) is 23.8 Å². The Balaban J connectivity index is 2.54. The van der Waals surface area contributed by atoms with Gasteiger partial charge in [0.1, 0.15) is 5.75 Å². The molecule has 4 heteroatoms. The van der Waals surface area contributed by atoms with Crippen LogP contribution < -0.4 is 15.4 Å². The minimum absolute atomic E-state index is 0.241. The van der Waals surface area contributed by atoms with Crippen molar-refractivity contribution in [2.45, 2.75) is 12.1 Å². The van der Waals surface area contributed by atoms with E-state index in [0.29, 0.717) is 6.54 Å². The Morgan fingerprint density at radius 1 is 1.53 bits per heavy atom. The highest BCUT2D eigenvalue weighted by molar-refractivity contribution is 5.66. The van der Waals surface area contributed by atoms with Gasteiger partial charge in [-0.1, -0.05) is 12.1 Å². The van der Waals surface area contributed by atoms with Crippen LogP contribution in [0.15, 0.2) is 18.2 Å². The van der Waals surface area contributed by atoms with Crippen LogP contribution in [0.1, 0.15) is 11.7 Å². The molecule has 0 unspecified atom stereocenters. The van der Waals surface area contributed by atoms with Gasteiger partial charge in [-0.15, -0.1) is 0 Å². The predicted octanol–water partition coefficient (Wildman–Crippen LogP) is 0.506. The lowest BCUT2D eigenvalue weighted by atomic mass is 9.95. The number of ether oxygens (including phenoxy) is 1. The van der Waals surface area contributed by atoms with E-state index >= 15 is 0 Å². The second kappa shape index (κ2) is 3.72. The molecule has 0 spiro atoms. The summed E-state index contributed by atoms with van der Waals surface area (Å²) in [6.07, 6.45) is -0.605. The Morgan fingerprint density at radius 3 is 2.93 bits per heavy atom. The summed E-state index contributed by atoms with van der Waals surface area (Å²) in [5.74, 6) is 0.779. The molecule has 15 heavy (non-hydrogen) atoms. The fraction of sp³-hybridized carbons (Fsp3) is 0.455. The maximum absolute atomic E-state index is 9.96. The molecule has 0 aliphatic carbocycles. The number of hydrogen-bond acceptors (Lipinski definition) is 4. The zero-order chi connectivity index (χ0) is 11.0. The van der Waals surface area contributed by atoms with Crippen molar-refractivity contribution in [1.29, 1.82) is 0 Å². The van der Waals surface area contributed by atoms with Gasteiger partial charge >= 0.3 is 0 Å². The molecule has 1 aromatic carbocycles. The van der Waals surface area contributed by atoms with Crippen LogP contribution >= 0.6 is 0 Å². The Labute approximate surface area is 89.3 Å². The predicted molar refractivity (Wildman–Crippen MR) is 59.2 cm³/mol. The molecule has 0 saturated carbocycles. The summed E-state index contributed by atoms with van der Waals surface area (Å²) in [5, 5.41) is 9.96. The Bertz CT molecular complexity index is 368. The third-order valence-corrected chi connectivity index (χ3v) is 2.84. The Hall–Kier alpha value is -1.26. The van der Waals surface area contributed by atoms with Gasteiger partial charge in [0.2, 0.25) is 0 Å². The lowest BCUT2D eigenvalue weighted by molar-refractivity contribution is 0.143. The first-order valence-electron chi connectivity index (χ1n) is 4.97. The van der Waals surface area contributed by atoms with Gasteiger partial charge in [-0.05, 0) is 6.07 Å². The minimum Gasteiger partial charge on any atom is -0.495 e. The topological polar surface area (TPSA) is 58.7 Å². The van der Waals surface area contributed by atoms with Crippen molar-refractivity contribution in [2.75, 3.05) is 25.6 Å². The average Bonchev–Trinajstić information content (AvgIpc) is 2.25. The number of rotatable bonds is 1. The van der Waals surface area contributed by atoms with Crippen LogP contribution in [-0.4, -0.2) is 31.9 Å². The van der Waals surface area contributed by atoms with Crippen molar-refractivity contribution in [3.63, 3.8) is 0 Å². The van der Waals surface area contributed by atoms with Crippen LogP contribution in [-0.2, 0) is 0 Å².